The molecule has 0 aromatic carbocycles. The van der Waals surface area contributed by atoms with Gasteiger partial charge >= 0.3 is 0 Å². The second-order valence-electron chi connectivity index (χ2n) is 5.62. The normalized spacial score (nSPS) is 16.5. The van der Waals surface area contributed by atoms with E-state index >= 15 is 0 Å². The van der Waals surface area contributed by atoms with Crippen molar-refractivity contribution < 1.29 is 4.79 Å². The third-order valence-electron chi connectivity index (χ3n) is 4.10. The van der Waals surface area contributed by atoms with Gasteiger partial charge in [0, 0.05) is 25.0 Å². The molecule has 1 aliphatic carbocycles. The van der Waals surface area contributed by atoms with Crippen molar-refractivity contribution in [2.24, 2.45) is 7.05 Å². The monoisotopic (exact) mass is 272 g/mol. The van der Waals surface area contributed by atoms with Gasteiger partial charge in [-0.2, -0.15) is 10.2 Å². The molecular weight excluding hydrogens is 252 g/mol. The van der Waals surface area contributed by atoms with Gasteiger partial charge in [0.1, 0.15) is 5.69 Å². The maximum Gasteiger partial charge on any atom is 0.153 e. The Bertz CT molecular complexity index is 620. The van der Waals surface area contributed by atoms with Crippen LogP contribution >= 0.6 is 0 Å². The topological polar surface area (TPSA) is 52.7 Å². The van der Waals surface area contributed by atoms with Crippen LogP contribution < -0.4 is 0 Å². The smallest absolute Gasteiger partial charge is 0.153 e. The summed E-state index contributed by atoms with van der Waals surface area (Å²) in [5, 5.41) is 9.02. The minimum absolute atomic E-state index is 0.438. The fourth-order valence-corrected chi connectivity index (χ4v) is 3.07. The number of carbonyl (C=O) groups is 1. The van der Waals surface area contributed by atoms with Crippen LogP contribution in [-0.4, -0.2) is 25.8 Å². The third-order valence-corrected chi connectivity index (χ3v) is 4.10. The van der Waals surface area contributed by atoms with Crippen molar-refractivity contribution in [3.05, 3.63) is 23.7 Å². The van der Waals surface area contributed by atoms with Gasteiger partial charge in [0.15, 0.2) is 6.29 Å². The second-order valence-corrected chi connectivity index (χ2v) is 5.62. The first-order valence-corrected chi connectivity index (χ1v) is 7.24. The molecule has 2 aromatic heterocycles. The SMILES string of the molecule is Cc1nn(C)cc1-c1nn(C2CCCCC2)cc1C=O. The highest BCUT2D eigenvalue weighted by Crippen LogP contribution is 2.30. The summed E-state index contributed by atoms with van der Waals surface area (Å²) in [6, 6.07) is 0.438. The maximum absolute atomic E-state index is 11.3. The maximum atomic E-state index is 11.3. The minimum Gasteiger partial charge on any atom is -0.298 e. The van der Waals surface area contributed by atoms with Crippen LogP contribution in [0.25, 0.3) is 11.3 Å². The van der Waals surface area contributed by atoms with Crippen molar-refractivity contribution in [2.45, 2.75) is 45.1 Å². The fraction of sp³-hybridized carbons (Fsp3) is 0.533. The molecule has 0 aliphatic heterocycles. The molecule has 0 amide bonds. The number of hydrogen-bond donors (Lipinski definition) is 0. The van der Waals surface area contributed by atoms with E-state index in [1.54, 1.807) is 4.68 Å². The number of aldehydes is 1. The summed E-state index contributed by atoms with van der Waals surface area (Å²) in [5.74, 6) is 0. The van der Waals surface area contributed by atoms with E-state index in [2.05, 4.69) is 10.2 Å². The predicted molar refractivity (Wildman–Crippen MR) is 76.7 cm³/mol. The van der Waals surface area contributed by atoms with Gasteiger partial charge in [0.25, 0.3) is 0 Å². The summed E-state index contributed by atoms with van der Waals surface area (Å²) >= 11 is 0. The molecule has 106 valence electrons. The first kappa shape index (κ1) is 13.1. The highest BCUT2D eigenvalue weighted by atomic mass is 16.1. The van der Waals surface area contributed by atoms with E-state index < -0.39 is 0 Å². The van der Waals surface area contributed by atoms with Crippen LogP contribution in [0, 0.1) is 6.92 Å². The molecule has 0 radical (unpaired) electrons. The Labute approximate surface area is 118 Å². The van der Waals surface area contributed by atoms with E-state index in [4.69, 9.17) is 0 Å². The van der Waals surface area contributed by atoms with Crippen LogP contribution in [0.1, 0.15) is 54.2 Å². The molecule has 0 unspecified atom stereocenters. The van der Waals surface area contributed by atoms with Crippen molar-refractivity contribution in [1.82, 2.24) is 19.6 Å². The van der Waals surface area contributed by atoms with Gasteiger partial charge < -0.3 is 0 Å². The molecule has 0 bridgehead atoms. The first-order chi connectivity index (χ1) is 9.69. The number of aromatic nitrogens is 4. The van der Waals surface area contributed by atoms with Gasteiger partial charge in [-0.25, -0.2) is 0 Å². The Kier molecular flexibility index (Phi) is 3.42. The lowest BCUT2D eigenvalue weighted by atomic mass is 9.96. The highest BCUT2D eigenvalue weighted by molar-refractivity contribution is 5.85. The van der Waals surface area contributed by atoms with Gasteiger partial charge in [-0.05, 0) is 19.8 Å². The molecule has 0 N–H and O–H groups in total. The van der Waals surface area contributed by atoms with Gasteiger partial charge in [0.05, 0.1) is 17.3 Å². The summed E-state index contributed by atoms with van der Waals surface area (Å²) in [4.78, 5) is 11.3. The van der Waals surface area contributed by atoms with E-state index in [1.165, 1.54) is 19.3 Å². The lowest BCUT2D eigenvalue weighted by molar-refractivity contribution is 0.112. The summed E-state index contributed by atoms with van der Waals surface area (Å²) in [5.41, 5.74) is 3.27. The van der Waals surface area contributed by atoms with E-state index in [1.807, 2.05) is 31.0 Å². The van der Waals surface area contributed by atoms with Crippen molar-refractivity contribution in [1.29, 1.82) is 0 Å². The third kappa shape index (κ3) is 2.28. The molecule has 3 rings (SSSR count). The second kappa shape index (κ2) is 5.23. The molecular formula is C15H20N4O. The molecule has 2 heterocycles. The molecule has 20 heavy (non-hydrogen) atoms. The highest BCUT2D eigenvalue weighted by Gasteiger charge is 2.20. The number of aryl methyl sites for hydroxylation is 2. The first-order valence-electron chi connectivity index (χ1n) is 7.24. The van der Waals surface area contributed by atoms with Crippen molar-refractivity contribution in [3.63, 3.8) is 0 Å². The zero-order valence-corrected chi connectivity index (χ0v) is 12.0. The minimum atomic E-state index is 0.438. The van der Waals surface area contributed by atoms with Crippen LogP contribution in [0.5, 0.6) is 0 Å². The molecule has 5 heteroatoms. The van der Waals surface area contributed by atoms with Crippen molar-refractivity contribution >= 4 is 6.29 Å². The largest absolute Gasteiger partial charge is 0.298 e. The number of hydrogen-bond acceptors (Lipinski definition) is 3. The van der Waals surface area contributed by atoms with E-state index in [-0.39, 0.29) is 0 Å². The zero-order chi connectivity index (χ0) is 14.1. The Morgan fingerprint density at radius 3 is 2.55 bits per heavy atom. The molecule has 5 nitrogen and oxygen atoms in total. The number of nitrogens with zero attached hydrogens (tertiary/aromatic N) is 4. The quantitative estimate of drug-likeness (QED) is 0.807. The van der Waals surface area contributed by atoms with E-state index in [0.29, 0.717) is 11.6 Å². The average molecular weight is 272 g/mol. The van der Waals surface area contributed by atoms with Crippen LogP contribution in [0.2, 0.25) is 0 Å². The summed E-state index contributed by atoms with van der Waals surface area (Å²) in [6.07, 6.45) is 10.9. The molecule has 2 aromatic rings. The number of carbonyl (C=O) groups excluding carboxylic acids is 1. The molecule has 0 spiro atoms. The molecule has 1 saturated carbocycles. The van der Waals surface area contributed by atoms with Crippen molar-refractivity contribution in [3.8, 4) is 11.3 Å². The van der Waals surface area contributed by atoms with Gasteiger partial charge in [-0.3, -0.25) is 14.2 Å². The summed E-state index contributed by atoms with van der Waals surface area (Å²) < 4.78 is 3.75. The van der Waals surface area contributed by atoms with Crippen molar-refractivity contribution in [2.75, 3.05) is 0 Å². The van der Waals surface area contributed by atoms with Crippen LogP contribution in [0.4, 0.5) is 0 Å². The Hall–Kier alpha value is -1.91. The fourth-order valence-electron chi connectivity index (χ4n) is 3.07. The van der Waals surface area contributed by atoms with Gasteiger partial charge in [-0.15, -0.1) is 0 Å². The van der Waals surface area contributed by atoms with Gasteiger partial charge in [0.2, 0.25) is 0 Å². The van der Waals surface area contributed by atoms with Crippen LogP contribution in [0.15, 0.2) is 12.4 Å². The Morgan fingerprint density at radius 2 is 1.95 bits per heavy atom. The average Bonchev–Trinajstić information content (AvgIpc) is 3.02. The van der Waals surface area contributed by atoms with Crippen LogP contribution in [0.3, 0.4) is 0 Å². The standard InChI is InChI=1S/C15H20N4O/c1-11-14(9-18(2)16-11)15-12(10-20)8-19(17-15)13-6-4-3-5-7-13/h8-10,13H,3-7H2,1-2H3. The summed E-state index contributed by atoms with van der Waals surface area (Å²) in [6.45, 7) is 1.95. The van der Waals surface area contributed by atoms with Gasteiger partial charge in [-0.1, -0.05) is 19.3 Å². The molecule has 0 saturated heterocycles. The lowest BCUT2D eigenvalue weighted by Gasteiger charge is -2.21. The Balaban J connectivity index is 2.00. The predicted octanol–water partition coefficient (Wildman–Crippen LogP) is 2.91. The molecule has 1 aliphatic rings. The Morgan fingerprint density at radius 1 is 1.20 bits per heavy atom. The lowest BCUT2D eigenvalue weighted by Crippen LogP contribution is -2.13. The zero-order valence-electron chi connectivity index (χ0n) is 12.0. The van der Waals surface area contributed by atoms with E-state index in [9.17, 15) is 4.79 Å². The van der Waals surface area contributed by atoms with Crippen LogP contribution in [-0.2, 0) is 7.05 Å². The molecule has 1 fully saturated rings. The van der Waals surface area contributed by atoms with E-state index in [0.717, 1.165) is 36.1 Å². The molecule has 0 atom stereocenters. The number of rotatable bonds is 3. The summed E-state index contributed by atoms with van der Waals surface area (Å²) in [7, 11) is 1.88.